The van der Waals surface area contributed by atoms with Crippen molar-refractivity contribution < 1.29 is 10.0 Å². The second kappa shape index (κ2) is 9.40. The molecule has 0 aromatic carbocycles. The number of hydrogen-bond acceptors (Lipinski definition) is 5. The summed E-state index contributed by atoms with van der Waals surface area (Å²) in [7, 11) is 0. The first-order valence-electron chi connectivity index (χ1n) is 8.92. The molecule has 0 fully saturated rings. The van der Waals surface area contributed by atoms with E-state index in [9.17, 15) is 4.79 Å². The summed E-state index contributed by atoms with van der Waals surface area (Å²) in [6.07, 6.45) is 4.64. The fourth-order valence-electron chi connectivity index (χ4n) is 2.98. The molecule has 0 unspecified atom stereocenters. The number of carbonyl (C=O) groups is 1. The van der Waals surface area contributed by atoms with Gasteiger partial charge < -0.3 is 0 Å². The Morgan fingerprint density at radius 1 is 1.23 bits per heavy atom. The zero-order valence-corrected chi connectivity index (χ0v) is 16.0. The van der Waals surface area contributed by atoms with E-state index >= 15 is 0 Å². The van der Waals surface area contributed by atoms with E-state index in [0.29, 0.717) is 19.5 Å². The summed E-state index contributed by atoms with van der Waals surface area (Å²) in [4.78, 5) is 22.7. The SMILES string of the molecule is Cc1ccnc([C@H](C)N(CCCC(=O)NO)Cc2ncc(C)cc2C)c1. The van der Waals surface area contributed by atoms with Gasteiger partial charge in [-0.25, -0.2) is 5.48 Å². The molecule has 6 heteroatoms. The van der Waals surface area contributed by atoms with Crippen molar-refractivity contribution >= 4 is 5.91 Å². The third kappa shape index (κ3) is 5.61. The van der Waals surface area contributed by atoms with Gasteiger partial charge in [0.2, 0.25) is 5.91 Å². The largest absolute Gasteiger partial charge is 0.289 e. The number of aromatic nitrogens is 2. The third-order valence-electron chi connectivity index (χ3n) is 4.56. The average Bonchev–Trinajstić information content (AvgIpc) is 2.62. The second-order valence-electron chi connectivity index (χ2n) is 6.82. The Hall–Kier alpha value is -2.31. The number of hydrogen-bond donors (Lipinski definition) is 2. The topological polar surface area (TPSA) is 78.4 Å². The monoisotopic (exact) mass is 356 g/mol. The van der Waals surface area contributed by atoms with E-state index in [1.54, 1.807) is 5.48 Å². The van der Waals surface area contributed by atoms with Crippen molar-refractivity contribution in [2.24, 2.45) is 0 Å². The predicted molar refractivity (Wildman–Crippen MR) is 101 cm³/mol. The highest BCUT2D eigenvalue weighted by Gasteiger charge is 2.19. The van der Waals surface area contributed by atoms with Gasteiger partial charge in [0.05, 0.1) is 11.4 Å². The minimum Gasteiger partial charge on any atom is -0.289 e. The quantitative estimate of drug-likeness (QED) is 0.561. The molecule has 0 aliphatic carbocycles. The molecule has 140 valence electrons. The van der Waals surface area contributed by atoms with Crippen LogP contribution >= 0.6 is 0 Å². The lowest BCUT2D eigenvalue weighted by atomic mass is 10.1. The summed E-state index contributed by atoms with van der Waals surface area (Å²) < 4.78 is 0. The fraction of sp³-hybridized carbons (Fsp3) is 0.450. The van der Waals surface area contributed by atoms with Crippen molar-refractivity contribution in [3.8, 4) is 0 Å². The maximum atomic E-state index is 11.3. The number of pyridine rings is 2. The Kier molecular flexibility index (Phi) is 7.24. The van der Waals surface area contributed by atoms with Crippen LogP contribution in [0.3, 0.4) is 0 Å². The molecule has 2 heterocycles. The molecule has 0 saturated heterocycles. The van der Waals surface area contributed by atoms with Crippen molar-refractivity contribution in [3.05, 3.63) is 58.7 Å². The molecule has 1 amide bonds. The zero-order valence-electron chi connectivity index (χ0n) is 16.0. The predicted octanol–water partition coefficient (Wildman–Crippen LogP) is 3.25. The van der Waals surface area contributed by atoms with E-state index < -0.39 is 0 Å². The maximum absolute atomic E-state index is 11.3. The van der Waals surface area contributed by atoms with E-state index in [-0.39, 0.29) is 18.4 Å². The minimum atomic E-state index is -0.365. The molecular formula is C20H28N4O2. The van der Waals surface area contributed by atoms with Gasteiger partial charge in [0.25, 0.3) is 0 Å². The van der Waals surface area contributed by atoms with E-state index in [4.69, 9.17) is 5.21 Å². The summed E-state index contributed by atoms with van der Waals surface area (Å²) in [5.41, 5.74) is 7.20. The molecule has 0 aliphatic heterocycles. The molecule has 2 aromatic rings. The lowest BCUT2D eigenvalue weighted by molar-refractivity contribution is -0.129. The van der Waals surface area contributed by atoms with Crippen molar-refractivity contribution in [2.45, 2.75) is 53.1 Å². The number of rotatable bonds is 8. The number of amides is 1. The number of nitrogens with one attached hydrogen (secondary N) is 1. The van der Waals surface area contributed by atoms with Gasteiger partial charge in [-0.1, -0.05) is 6.07 Å². The molecule has 0 aliphatic rings. The number of aryl methyl sites for hydroxylation is 3. The van der Waals surface area contributed by atoms with E-state index in [2.05, 4.69) is 47.8 Å². The molecule has 0 saturated carbocycles. The highest BCUT2D eigenvalue weighted by molar-refractivity contribution is 5.74. The first-order chi connectivity index (χ1) is 12.4. The molecular weight excluding hydrogens is 328 g/mol. The molecule has 0 spiro atoms. The van der Waals surface area contributed by atoms with Crippen LogP contribution in [0.2, 0.25) is 0 Å². The highest BCUT2D eigenvalue weighted by atomic mass is 16.5. The summed E-state index contributed by atoms with van der Waals surface area (Å²) >= 11 is 0. The van der Waals surface area contributed by atoms with Crippen molar-refractivity contribution in [1.82, 2.24) is 20.3 Å². The Balaban J connectivity index is 2.18. The molecule has 6 nitrogen and oxygen atoms in total. The maximum Gasteiger partial charge on any atom is 0.243 e. The van der Waals surface area contributed by atoms with Gasteiger partial charge in [-0.05, 0) is 69.5 Å². The summed E-state index contributed by atoms with van der Waals surface area (Å²) in [5, 5.41) is 8.68. The van der Waals surface area contributed by atoms with Gasteiger partial charge >= 0.3 is 0 Å². The van der Waals surface area contributed by atoms with Crippen LogP contribution in [0.1, 0.15) is 53.9 Å². The standard InChI is InChI=1S/C20H28N4O2/c1-14-7-8-21-18(11-14)17(4)24(9-5-6-20(25)23-26)13-19-16(3)10-15(2)12-22-19/h7-8,10-12,17,26H,5-6,9,13H2,1-4H3,(H,23,25)/t17-/m0/s1. The van der Waals surface area contributed by atoms with Crippen molar-refractivity contribution in [1.29, 1.82) is 0 Å². The number of nitrogens with zero attached hydrogens (tertiary/aromatic N) is 3. The lowest BCUT2D eigenvalue weighted by Crippen LogP contribution is -2.30. The Morgan fingerprint density at radius 2 is 2.00 bits per heavy atom. The Morgan fingerprint density at radius 3 is 2.65 bits per heavy atom. The molecule has 0 radical (unpaired) electrons. The second-order valence-corrected chi connectivity index (χ2v) is 6.82. The van der Waals surface area contributed by atoms with Crippen LogP contribution in [0.4, 0.5) is 0 Å². The number of carbonyl (C=O) groups excluding carboxylic acids is 1. The summed E-state index contributed by atoms with van der Waals surface area (Å²) in [5.74, 6) is -0.365. The molecule has 2 aromatic heterocycles. The average molecular weight is 356 g/mol. The fourth-order valence-corrected chi connectivity index (χ4v) is 2.98. The van der Waals surface area contributed by atoms with Gasteiger partial charge in [0.15, 0.2) is 0 Å². The van der Waals surface area contributed by atoms with Crippen LogP contribution < -0.4 is 5.48 Å². The van der Waals surface area contributed by atoms with Gasteiger partial charge in [-0.15, -0.1) is 0 Å². The van der Waals surface area contributed by atoms with Crippen molar-refractivity contribution in [3.63, 3.8) is 0 Å². The van der Waals surface area contributed by atoms with Crippen LogP contribution in [0.15, 0.2) is 30.6 Å². The number of hydroxylamine groups is 1. The normalized spacial score (nSPS) is 12.2. The van der Waals surface area contributed by atoms with Gasteiger partial charge in [-0.2, -0.15) is 0 Å². The summed E-state index contributed by atoms with van der Waals surface area (Å²) in [6, 6.07) is 6.30. The summed E-state index contributed by atoms with van der Waals surface area (Å²) in [6.45, 7) is 9.68. The van der Waals surface area contributed by atoms with Crippen LogP contribution in [-0.2, 0) is 11.3 Å². The first kappa shape index (κ1) is 20.0. The van der Waals surface area contributed by atoms with Crippen LogP contribution in [0.5, 0.6) is 0 Å². The third-order valence-corrected chi connectivity index (χ3v) is 4.56. The van der Waals surface area contributed by atoms with Gasteiger partial charge in [-0.3, -0.25) is 24.9 Å². The van der Waals surface area contributed by atoms with E-state index in [1.807, 2.05) is 25.4 Å². The van der Waals surface area contributed by atoms with Gasteiger partial charge in [0, 0.05) is 31.4 Å². The Bertz CT molecular complexity index is 748. The van der Waals surface area contributed by atoms with Crippen LogP contribution in [-0.4, -0.2) is 32.5 Å². The molecule has 1 atom stereocenters. The molecule has 2 N–H and O–H groups in total. The Labute approximate surface area is 155 Å². The van der Waals surface area contributed by atoms with Gasteiger partial charge in [0.1, 0.15) is 0 Å². The van der Waals surface area contributed by atoms with Crippen LogP contribution in [0.25, 0.3) is 0 Å². The van der Waals surface area contributed by atoms with Crippen molar-refractivity contribution in [2.75, 3.05) is 6.54 Å². The molecule has 0 bridgehead atoms. The first-order valence-corrected chi connectivity index (χ1v) is 8.92. The highest BCUT2D eigenvalue weighted by Crippen LogP contribution is 2.22. The van der Waals surface area contributed by atoms with E-state index in [0.717, 1.165) is 22.5 Å². The lowest BCUT2D eigenvalue weighted by Gasteiger charge is -2.29. The molecule has 26 heavy (non-hydrogen) atoms. The molecule has 2 rings (SSSR count). The van der Waals surface area contributed by atoms with E-state index in [1.165, 1.54) is 5.56 Å². The zero-order chi connectivity index (χ0) is 19.1. The minimum absolute atomic E-state index is 0.0922. The van der Waals surface area contributed by atoms with Crippen LogP contribution in [0, 0.1) is 20.8 Å². The smallest absolute Gasteiger partial charge is 0.243 e.